The van der Waals surface area contributed by atoms with Crippen LogP contribution in [0.4, 0.5) is 4.39 Å². The fourth-order valence-corrected chi connectivity index (χ4v) is 2.92. The van der Waals surface area contributed by atoms with Crippen molar-refractivity contribution in [1.29, 1.82) is 0 Å². The molecule has 3 aromatic carbocycles. The van der Waals surface area contributed by atoms with Gasteiger partial charge in [0, 0.05) is 0 Å². The molecule has 3 nitrogen and oxygen atoms in total. The molecule has 2 N–H and O–H groups in total. The van der Waals surface area contributed by atoms with Crippen LogP contribution < -0.4 is 5.73 Å². The third-order valence-electron chi connectivity index (χ3n) is 3.97. The average Bonchev–Trinajstić information content (AvgIpc) is 2.58. The smallest absolute Gasteiger partial charge is 0.342 e. The molecule has 118 valence electrons. The highest BCUT2D eigenvalue weighted by Gasteiger charge is 2.30. The van der Waals surface area contributed by atoms with Crippen LogP contribution in [0.3, 0.4) is 0 Å². The van der Waals surface area contributed by atoms with Crippen LogP contribution in [0.2, 0.25) is 0 Å². The van der Waals surface area contributed by atoms with E-state index >= 15 is 0 Å². The van der Waals surface area contributed by atoms with Crippen molar-refractivity contribution >= 4 is 27.5 Å². The van der Waals surface area contributed by atoms with Gasteiger partial charge in [-0.1, -0.05) is 48.5 Å². The van der Waals surface area contributed by atoms with Gasteiger partial charge in [-0.05, 0) is 40.1 Å². The van der Waals surface area contributed by atoms with Crippen molar-refractivity contribution in [2.45, 2.75) is 19.1 Å². The van der Waals surface area contributed by atoms with Crippen molar-refractivity contribution in [3.63, 3.8) is 0 Å². The molecule has 0 fully saturated rings. The average molecular weight is 311 g/mol. The largest absolute Gasteiger partial charge is 0.464 e. The number of benzene rings is 3. The Hall–Kier alpha value is -2.46. The van der Waals surface area contributed by atoms with E-state index in [4.69, 9.17) is 10.5 Å². The topological polar surface area (TPSA) is 52.3 Å². The van der Waals surface area contributed by atoms with Gasteiger partial charge in [-0.15, -0.1) is 0 Å². The number of alkyl halides is 1. The number of nitrogens with two attached hydrogens (primary N) is 1. The number of fused-ring (bicyclic) bond motifs is 2. The van der Waals surface area contributed by atoms with E-state index in [1.54, 1.807) is 6.92 Å². The highest BCUT2D eigenvalue weighted by Crippen LogP contribution is 2.34. The molecule has 0 aliphatic rings. The summed E-state index contributed by atoms with van der Waals surface area (Å²) in [7, 11) is 0. The highest BCUT2D eigenvalue weighted by molar-refractivity contribution is 6.03. The van der Waals surface area contributed by atoms with Gasteiger partial charge < -0.3 is 10.5 Å². The zero-order chi connectivity index (χ0) is 16.4. The Balaban J connectivity index is 2.22. The van der Waals surface area contributed by atoms with Crippen molar-refractivity contribution in [3.8, 4) is 0 Å². The van der Waals surface area contributed by atoms with Gasteiger partial charge in [0.25, 0.3) is 0 Å². The molecule has 0 amide bonds. The minimum Gasteiger partial charge on any atom is -0.464 e. The van der Waals surface area contributed by atoms with Crippen LogP contribution in [0.5, 0.6) is 0 Å². The number of ether oxygens (including phenoxy) is 1. The summed E-state index contributed by atoms with van der Waals surface area (Å²) in [5.41, 5.74) is 6.76. The number of hydrogen-bond acceptors (Lipinski definition) is 3. The Morgan fingerprint density at radius 1 is 1.09 bits per heavy atom. The molecule has 0 heterocycles. The molecule has 0 aliphatic heterocycles. The maximum atomic E-state index is 14.5. The number of carbonyl (C=O) groups excluding carboxylic acids is 1. The number of rotatable bonds is 4. The standard InChI is InChI=1S/C19H18FNO2/c1-2-23-19(22)17(20)18(21)16-14-9-5-3-7-12(14)11-13-8-4-6-10-15(13)16/h3-11,17-18H,2,21H2,1H3/t17?,18-/m1/s1. The summed E-state index contributed by atoms with van der Waals surface area (Å²) in [5.74, 6) is -0.919. The SMILES string of the molecule is CCOC(=O)C(F)[C@H](N)c1c2ccccc2cc2ccccc12. The molecular weight excluding hydrogens is 293 g/mol. The first-order valence-electron chi connectivity index (χ1n) is 7.60. The second kappa shape index (κ2) is 6.34. The van der Waals surface area contributed by atoms with Crippen LogP contribution in [0.15, 0.2) is 54.6 Å². The van der Waals surface area contributed by atoms with Crippen molar-refractivity contribution in [2.24, 2.45) is 5.73 Å². The van der Waals surface area contributed by atoms with E-state index in [0.717, 1.165) is 21.5 Å². The maximum absolute atomic E-state index is 14.5. The van der Waals surface area contributed by atoms with Crippen LogP contribution >= 0.6 is 0 Å². The minimum atomic E-state index is -1.90. The molecule has 0 saturated carbocycles. The lowest BCUT2D eigenvalue weighted by Crippen LogP contribution is -2.31. The molecule has 2 atom stereocenters. The second-order valence-corrected chi connectivity index (χ2v) is 5.41. The van der Waals surface area contributed by atoms with Crippen LogP contribution in [0.1, 0.15) is 18.5 Å². The minimum absolute atomic E-state index is 0.127. The van der Waals surface area contributed by atoms with E-state index in [1.165, 1.54) is 0 Å². The molecule has 3 rings (SSSR count). The van der Waals surface area contributed by atoms with Gasteiger partial charge in [-0.2, -0.15) is 0 Å². The fourth-order valence-electron chi connectivity index (χ4n) is 2.92. The fraction of sp³-hybridized carbons (Fsp3) is 0.211. The van der Waals surface area contributed by atoms with Crippen LogP contribution in [0.25, 0.3) is 21.5 Å². The molecule has 1 unspecified atom stereocenters. The van der Waals surface area contributed by atoms with Gasteiger partial charge in [0.1, 0.15) is 0 Å². The Morgan fingerprint density at radius 2 is 1.61 bits per heavy atom. The lowest BCUT2D eigenvalue weighted by molar-refractivity contribution is -0.149. The molecule has 0 radical (unpaired) electrons. The Bertz CT molecular complexity index is 808. The summed E-state index contributed by atoms with van der Waals surface area (Å²) in [6, 6.07) is 16.3. The first-order chi connectivity index (χ1) is 11.1. The van der Waals surface area contributed by atoms with E-state index in [-0.39, 0.29) is 6.61 Å². The quantitative estimate of drug-likeness (QED) is 0.587. The first-order valence-corrected chi connectivity index (χ1v) is 7.60. The molecule has 4 heteroatoms. The Morgan fingerprint density at radius 3 is 2.13 bits per heavy atom. The van der Waals surface area contributed by atoms with Crippen LogP contribution in [-0.2, 0) is 9.53 Å². The first kappa shape index (κ1) is 15.4. The molecular formula is C19H18FNO2. The summed E-state index contributed by atoms with van der Waals surface area (Å²) in [4.78, 5) is 11.8. The molecule has 0 aliphatic carbocycles. The normalized spacial score (nSPS) is 13.9. The van der Waals surface area contributed by atoms with Crippen molar-refractivity contribution in [3.05, 3.63) is 60.2 Å². The van der Waals surface area contributed by atoms with Gasteiger partial charge >= 0.3 is 5.97 Å². The number of esters is 1. The van der Waals surface area contributed by atoms with Gasteiger partial charge in [-0.25, -0.2) is 9.18 Å². The summed E-state index contributed by atoms with van der Waals surface area (Å²) in [6.45, 7) is 1.77. The Kier molecular flexibility index (Phi) is 4.26. The predicted octanol–water partition coefficient (Wildman–Crippen LogP) is 3.89. The van der Waals surface area contributed by atoms with Crippen molar-refractivity contribution in [1.82, 2.24) is 0 Å². The summed E-state index contributed by atoms with van der Waals surface area (Å²) < 4.78 is 19.3. The van der Waals surface area contributed by atoms with Crippen LogP contribution in [-0.4, -0.2) is 18.7 Å². The van der Waals surface area contributed by atoms with Gasteiger partial charge in [0.15, 0.2) is 0 Å². The van der Waals surface area contributed by atoms with Crippen molar-refractivity contribution < 1.29 is 13.9 Å². The molecule has 0 saturated heterocycles. The zero-order valence-corrected chi connectivity index (χ0v) is 12.8. The van der Waals surface area contributed by atoms with Gasteiger partial charge in [0.05, 0.1) is 12.6 Å². The van der Waals surface area contributed by atoms with E-state index < -0.39 is 18.2 Å². The Labute approximate surface area is 133 Å². The summed E-state index contributed by atoms with van der Waals surface area (Å²) >= 11 is 0. The predicted molar refractivity (Wildman–Crippen MR) is 89.9 cm³/mol. The number of halogens is 1. The maximum Gasteiger partial charge on any atom is 0.342 e. The molecule has 0 bridgehead atoms. The van der Waals surface area contributed by atoms with Crippen molar-refractivity contribution in [2.75, 3.05) is 6.61 Å². The van der Waals surface area contributed by atoms with E-state index in [1.807, 2.05) is 54.6 Å². The second-order valence-electron chi connectivity index (χ2n) is 5.41. The third kappa shape index (κ3) is 2.78. The molecule has 0 aromatic heterocycles. The zero-order valence-electron chi connectivity index (χ0n) is 12.8. The lowest BCUT2D eigenvalue weighted by Gasteiger charge is -2.20. The monoisotopic (exact) mass is 311 g/mol. The molecule has 23 heavy (non-hydrogen) atoms. The summed E-state index contributed by atoms with van der Waals surface area (Å²) in [5, 5.41) is 3.64. The van der Waals surface area contributed by atoms with E-state index in [9.17, 15) is 9.18 Å². The molecule has 3 aromatic rings. The van der Waals surface area contributed by atoms with Gasteiger partial charge in [-0.3, -0.25) is 0 Å². The van der Waals surface area contributed by atoms with E-state index in [0.29, 0.717) is 5.56 Å². The lowest BCUT2D eigenvalue weighted by atomic mass is 9.90. The highest BCUT2D eigenvalue weighted by atomic mass is 19.1. The number of hydrogen-bond donors (Lipinski definition) is 1. The third-order valence-corrected chi connectivity index (χ3v) is 3.97. The summed E-state index contributed by atoms with van der Waals surface area (Å²) in [6.07, 6.45) is -1.90. The van der Waals surface area contributed by atoms with Gasteiger partial charge in [0.2, 0.25) is 6.17 Å². The van der Waals surface area contributed by atoms with E-state index in [2.05, 4.69) is 0 Å². The van der Waals surface area contributed by atoms with Crippen LogP contribution in [0, 0.1) is 0 Å². The number of carbonyl (C=O) groups is 1. The molecule has 0 spiro atoms.